The van der Waals surface area contributed by atoms with Crippen LogP contribution in [-0.2, 0) is 6.42 Å². The highest BCUT2D eigenvalue weighted by Crippen LogP contribution is 2.36. The van der Waals surface area contributed by atoms with Crippen molar-refractivity contribution in [3.05, 3.63) is 23.8 Å². The molecule has 1 aromatic rings. The molecule has 1 atom stereocenters. The summed E-state index contributed by atoms with van der Waals surface area (Å²) in [6, 6.07) is 6.27. The van der Waals surface area contributed by atoms with Gasteiger partial charge in [0, 0.05) is 11.5 Å². The summed E-state index contributed by atoms with van der Waals surface area (Å²) in [5.74, 6) is 4.77. The Kier molecular flexibility index (Phi) is 4.73. The normalized spacial score (nSPS) is 23.1. The number of hydrogen-bond acceptors (Lipinski definition) is 4. The lowest BCUT2D eigenvalue weighted by atomic mass is 9.92. The minimum absolute atomic E-state index is 0.361. The second-order valence-corrected chi connectivity index (χ2v) is 6.72. The van der Waals surface area contributed by atoms with Crippen molar-refractivity contribution in [1.29, 1.82) is 0 Å². The smallest absolute Gasteiger partial charge is 0.164 e. The molecule has 0 spiro atoms. The van der Waals surface area contributed by atoms with E-state index in [1.807, 2.05) is 17.8 Å². The van der Waals surface area contributed by atoms with E-state index in [0.29, 0.717) is 12.0 Å². The van der Waals surface area contributed by atoms with Crippen LogP contribution < -0.4 is 14.8 Å². The predicted molar refractivity (Wildman–Crippen MR) is 84.0 cm³/mol. The predicted octanol–water partition coefficient (Wildman–Crippen LogP) is 2.73. The Morgan fingerprint density at radius 2 is 2.25 bits per heavy atom. The van der Waals surface area contributed by atoms with E-state index in [9.17, 15) is 0 Å². The monoisotopic (exact) mass is 293 g/mol. The number of para-hydroxylation sites is 1. The number of nitrogens with one attached hydrogen (secondary N) is 1. The van der Waals surface area contributed by atoms with Crippen LogP contribution in [0, 0.1) is 5.92 Å². The Labute approximate surface area is 125 Å². The molecule has 0 bridgehead atoms. The Hall–Kier alpha value is -0.870. The van der Waals surface area contributed by atoms with Crippen LogP contribution >= 0.6 is 11.8 Å². The summed E-state index contributed by atoms with van der Waals surface area (Å²) in [7, 11) is 1.73. The van der Waals surface area contributed by atoms with Crippen LogP contribution in [0.15, 0.2) is 18.2 Å². The van der Waals surface area contributed by atoms with Gasteiger partial charge in [-0.25, -0.2) is 0 Å². The molecule has 0 aromatic heterocycles. The third kappa shape index (κ3) is 3.23. The summed E-state index contributed by atoms with van der Waals surface area (Å²) in [5, 5.41) is 3.49. The van der Waals surface area contributed by atoms with Crippen molar-refractivity contribution in [1.82, 2.24) is 5.32 Å². The number of benzene rings is 1. The van der Waals surface area contributed by atoms with Crippen molar-refractivity contribution in [3.63, 3.8) is 0 Å². The number of methoxy groups -OCH3 is 1. The number of piperidine rings is 1. The summed E-state index contributed by atoms with van der Waals surface area (Å²) < 4.78 is 11.7. The van der Waals surface area contributed by atoms with Gasteiger partial charge in [0.15, 0.2) is 11.5 Å². The van der Waals surface area contributed by atoms with Gasteiger partial charge in [-0.1, -0.05) is 12.1 Å². The van der Waals surface area contributed by atoms with Gasteiger partial charge in [0.2, 0.25) is 0 Å². The van der Waals surface area contributed by atoms with E-state index in [2.05, 4.69) is 17.4 Å². The van der Waals surface area contributed by atoms with Crippen LogP contribution in [0.4, 0.5) is 0 Å². The van der Waals surface area contributed by atoms with Gasteiger partial charge < -0.3 is 14.8 Å². The van der Waals surface area contributed by atoms with Gasteiger partial charge in [0.1, 0.15) is 6.10 Å². The maximum Gasteiger partial charge on any atom is 0.164 e. The second kappa shape index (κ2) is 6.72. The first kappa shape index (κ1) is 14.1. The lowest BCUT2D eigenvalue weighted by molar-refractivity contribution is 0.224. The molecule has 0 saturated carbocycles. The molecule has 1 unspecified atom stereocenters. The molecule has 2 fully saturated rings. The Bertz CT molecular complexity index is 442. The quantitative estimate of drug-likeness (QED) is 0.904. The summed E-state index contributed by atoms with van der Waals surface area (Å²) in [6.07, 6.45) is 4.03. The first-order chi connectivity index (χ1) is 9.86. The van der Waals surface area contributed by atoms with Gasteiger partial charge in [0.25, 0.3) is 0 Å². The Morgan fingerprint density at radius 3 is 2.90 bits per heavy atom. The van der Waals surface area contributed by atoms with Crippen molar-refractivity contribution >= 4 is 11.8 Å². The van der Waals surface area contributed by atoms with Gasteiger partial charge in [-0.05, 0) is 49.9 Å². The van der Waals surface area contributed by atoms with Crippen molar-refractivity contribution in [2.45, 2.75) is 25.4 Å². The molecule has 3 nitrogen and oxygen atoms in total. The van der Waals surface area contributed by atoms with Gasteiger partial charge in [-0.15, -0.1) is 0 Å². The molecule has 0 aliphatic carbocycles. The third-order valence-corrected chi connectivity index (χ3v) is 5.29. The maximum absolute atomic E-state index is 6.18. The first-order valence-corrected chi connectivity index (χ1v) is 8.63. The lowest BCUT2D eigenvalue weighted by Gasteiger charge is -2.29. The van der Waals surface area contributed by atoms with Crippen molar-refractivity contribution in [2.75, 3.05) is 31.7 Å². The van der Waals surface area contributed by atoms with Crippen LogP contribution in [0.5, 0.6) is 11.5 Å². The molecule has 0 radical (unpaired) electrons. The van der Waals surface area contributed by atoms with Crippen molar-refractivity contribution in [3.8, 4) is 11.5 Å². The topological polar surface area (TPSA) is 30.5 Å². The molecule has 2 aliphatic heterocycles. The largest absolute Gasteiger partial charge is 0.493 e. The molecule has 4 heteroatoms. The highest BCUT2D eigenvalue weighted by molar-refractivity contribution is 8.00. The zero-order valence-electron chi connectivity index (χ0n) is 12.1. The molecular formula is C16H23NO2S. The van der Waals surface area contributed by atoms with Gasteiger partial charge in [-0.2, -0.15) is 11.8 Å². The van der Waals surface area contributed by atoms with Crippen molar-refractivity contribution < 1.29 is 9.47 Å². The third-order valence-electron chi connectivity index (χ3n) is 4.08. The van der Waals surface area contributed by atoms with Gasteiger partial charge >= 0.3 is 0 Å². The summed E-state index contributed by atoms with van der Waals surface area (Å²) in [6.45, 7) is 2.28. The van der Waals surface area contributed by atoms with Crippen LogP contribution in [0.3, 0.4) is 0 Å². The van der Waals surface area contributed by atoms with E-state index in [4.69, 9.17) is 9.47 Å². The Balaban J connectivity index is 1.76. The molecule has 110 valence electrons. The van der Waals surface area contributed by atoms with Gasteiger partial charge in [-0.3, -0.25) is 0 Å². The lowest BCUT2D eigenvalue weighted by Crippen LogP contribution is -2.32. The molecule has 20 heavy (non-hydrogen) atoms. The fourth-order valence-electron chi connectivity index (χ4n) is 2.87. The van der Waals surface area contributed by atoms with E-state index >= 15 is 0 Å². The summed E-state index contributed by atoms with van der Waals surface area (Å²) >= 11 is 1.94. The molecule has 2 heterocycles. The number of thioether (sulfide) groups is 1. The highest BCUT2D eigenvalue weighted by atomic mass is 32.2. The standard InChI is InChI=1S/C16H23NO2S/c1-18-15-6-2-5-13(8-12-4-3-7-17-9-12)16(15)19-14-10-20-11-14/h2,5-6,12,14,17H,3-4,7-11H2,1H3. The molecule has 2 aliphatic rings. The van der Waals surface area contributed by atoms with E-state index < -0.39 is 0 Å². The van der Waals surface area contributed by atoms with Crippen LogP contribution in [0.1, 0.15) is 18.4 Å². The number of hydrogen-bond donors (Lipinski definition) is 1. The molecule has 0 amide bonds. The molecular weight excluding hydrogens is 270 g/mol. The molecule has 1 N–H and O–H groups in total. The minimum Gasteiger partial charge on any atom is -0.493 e. The number of rotatable bonds is 5. The Morgan fingerprint density at radius 1 is 1.35 bits per heavy atom. The van der Waals surface area contributed by atoms with E-state index in [0.717, 1.165) is 42.5 Å². The zero-order valence-corrected chi connectivity index (χ0v) is 12.9. The SMILES string of the molecule is COc1cccc(CC2CCCNC2)c1OC1CSC1. The summed E-state index contributed by atoms with van der Waals surface area (Å²) in [4.78, 5) is 0. The summed E-state index contributed by atoms with van der Waals surface area (Å²) in [5.41, 5.74) is 1.30. The number of ether oxygens (including phenoxy) is 2. The fourth-order valence-corrected chi connectivity index (χ4v) is 3.44. The average molecular weight is 293 g/mol. The minimum atomic E-state index is 0.361. The van der Waals surface area contributed by atoms with Crippen LogP contribution in [0.25, 0.3) is 0 Å². The van der Waals surface area contributed by atoms with Crippen LogP contribution in [-0.4, -0.2) is 37.8 Å². The molecule has 1 aromatic carbocycles. The molecule has 2 saturated heterocycles. The van der Waals surface area contributed by atoms with Crippen LogP contribution in [0.2, 0.25) is 0 Å². The first-order valence-electron chi connectivity index (χ1n) is 7.48. The second-order valence-electron chi connectivity index (χ2n) is 5.64. The fraction of sp³-hybridized carbons (Fsp3) is 0.625. The van der Waals surface area contributed by atoms with E-state index in [-0.39, 0.29) is 0 Å². The van der Waals surface area contributed by atoms with E-state index in [1.165, 1.54) is 18.4 Å². The van der Waals surface area contributed by atoms with E-state index in [1.54, 1.807) is 7.11 Å². The average Bonchev–Trinajstić information content (AvgIpc) is 2.45. The zero-order chi connectivity index (χ0) is 13.8. The van der Waals surface area contributed by atoms with Crippen molar-refractivity contribution in [2.24, 2.45) is 5.92 Å². The highest BCUT2D eigenvalue weighted by Gasteiger charge is 2.24. The maximum atomic E-state index is 6.18. The van der Waals surface area contributed by atoms with Gasteiger partial charge in [0.05, 0.1) is 7.11 Å². The molecule has 3 rings (SSSR count).